The molecule has 1 amide bonds. The lowest BCUT2D eigenvalue weighted by molar-refractivity contribution is -0.119. The molecule has 134 valence electrons. The van der Waals surface area contributed by atoms with Crippen molar-refractivity contribution in [2.75, 3.05) is 5.75 Å². The Bertz CT molecular complexity index is 704. The van der Waals surface area contributed by atoms with Crippen LogP contribution in [0.15, 0.2) is 33.9 Å². The Labute approximate surface area is 149 Å². The standard InChI is InChI=1S/C17H20FN3O3S/c18-13-8-4-5-9-14(13)23-10-16-20-21-17(24-16)25-11-15(22)19-12-6-2-1-3-7-12/h4-5,8-9,12H,1-3,6-7,10-11H2,(H,19,22). The highest BCUT2D eigenvalue weighted by atomic mass is 32.2. The Morgan fingerprint density at radius 1 is 1.28 bits per heavy atom. The average Bonchev–Trinajstić information content (AvgIpc) is 3.08. The van der Waals surface area contributed by atoms with Crippen LogP contribution in [0.5, 0.6) is 5.75 Å². The number of para-hydroxylation sites is 1. The van der Waals surface area contributed by atoms with Gasteiger partial charge in [-0.15, -0.1) is 10.2 Å². The number of amides is 1. The summed E-state index contributed by atoms with van der Waals surface area (Å²) in [6.07, 6.45) is 5.70. The molecular formula is C17H20FN3O3S. The van der Waals surface area contributed by atoms with Crippen LogP contribution in [0.4, 0.5) is 4.39 Å². The van der Waals surface area contributed by atoms with Gasteiger partial charge in [-0.3, -0.25) is 4.79 Å². The molecular weight excluding hydrogens is 345 g/mol. The van der Waals surface area contributed by atoms with Crippen molar-refractivity contribution < 1.29 is 18.3 Å². The zero-order valence-electron chi connectivity index (χ0n) is 13.7. The van der Waals surface area contributed by atoms with Gasteiger partial charge in [0.25, 0.3) is 11.1 Å². The lowest BCUT2D eigenvalue weighted by Gasteiger charge is -2.22. The van der Waals surface area contributed by atoms with Crippen molar-refractivity contribution in [2.45, 2.75) is 50.0 Å². The molecule has 0 bridgehead atoms. The number of benzene rings is 1. The van der Waals surface area contributed by atoms with E-state index in [4.69, 9.17) is 9.15 Å². The van der Waals surface area contributed by atoms with Gasteiger partial charge in [0.05, 0.1) is 5.75 Å². The van der Waals surface area contributed by atoms with Crippen molar-refractivity contribution in [3.05, 3.63) is 36.0 Å². The summed E-state index contributed by atoms with van der Waals surface area (Å²) in [5, 5.41) is 11.0. The molecule has 3 rings (SSSR count). The van der Waals surface area contributed by atoms with Crippen molar-refractivity contribution in [2.24, 2.45) is 0 Å². The number of nitrogens with one attached hydrogen (secondary N) is 1. The van der Waals surface area contributed by atoms with Crippen molar-refractivity contribution in [1.29, 1.82) is 0 Å². The van der Waals surface area contributed by atoms with Gasteiger partial charge >= 0.3 is 0 Å². The molecule has 25 heavy (non-hydrogen) atoms. The van der Waals surface area contributed by atoms with Gasteiger partial charge in [0.1, 0.15) is 0 Å². The second-order valence-electron chi connectivity index (χ2n) is 5.87. The molecule has 6 nitrogen and oxygen atoms in total. The first-order chi connectivity index (χ1) is 12.2. The predicted octanol–water partition coefficient (Wildman–Crippen LogP) is 3.33. The van der Waals surface area contributed by atoms with Crippen LogP contribution in [0.2, 0.25) is 0 Å². The van der Waals surface area contributed by atoms with Gasteiger partial charge in [-0.25, -0.2) is 4.39 Å². The van der Waals surface area contributed by atoms with Crippen LogP contribution in [0.1, 0.15) is 38.0 Å². The second-order valence-corrected chi connectivity index (χ2v) is 6.80. The average molecular weight is 365 g/mol. The van der Waals surface area contributed by atoms with Crippen LogP contribution in [-0.4, -0.2) is 27.9 Å². The van der Waals surface area contributed by atoms with Gasteiger partial charge in [-0.2, -0.15) is 0 Å². The predicted molar refractivity (Wildman–Crippen MR) is 90.8 cm³/mol. The quantitative estimate of drug-likeness (QED) is 0.759. The summed E-state index contributed by atoms with van der Waals surface area (Å²) < 4.78 is 24.2. The Morgan fingerprint density at radius 2 is 2.08 bits per heavy atom. The smallest absolute Gasteiger partial charge is 0.277 e. The van der Waals surface area contributed by atoms with Crippen LogP contribution in [-0.2, 0) is 11.4 Å². The number of halogens is 1. The van der Waals surface area contributed by atoms with Crippen LogP contribution in [0.25, 0.3) is 0 Å². The highest BCUT2D eigenvalue weighted by Crippen LogP contribution is 2.20. The summed E-state index contributed by atoms with van der Waals surface area (Å²) in [6.45, 7) is -0.0250. The first kappa shape index (κ1) is 17.7. The van der Waals surface area contributed by atoms with Gasteiger partial charge in [-0.1, -0.05) is 43.2 Å². The highest BCUT2D eigenvalue weighted by molar-refractivity contribution is 7.99. The van der Waals surface area contributed by atoms with E-state index in [0.717, 1.165) is 12.8 Å². The normalized spacial score (nSPS) is 15.1. The molecule has 1 aromatic carbocycles. The van der Waals surface area contributed by atoms with Crippen LogP contribution < -0.4 is 10.1 Å². The molecule has 2 aromatic rings. The highest BCUT2D eigenvalue weighted by Gasteiger charge is 2.17. The van der Waals surface area contributed by atoms with Crippen molar-refractivity contribution in [1.82, 2.24) is 15.5 Å². The maximum absolute atomic E-state index is 13.5. The van der Waals surface area contributed by atoms with Gasteiger partial charge in [0, 0.05) is 6.04 Å². The zero-order valence-corrected chi connectivity index (χ0v) is 14.6. The van der Waals surface area contributed by atoms with Crippen molar-refractivity contribution >= 4 is 17.7 Å². The summed E-state index contributed by atoms with van der Waals surface area (Å²) in [6, 6.07) is 6.39. The van der Waals surface area contributed by atoms with Crippen LogP contribution in [0, 0.1) is 5.82 Å². The Kier molecular flexibility index (Phi) is 6.27. The minimum Gasteiger partial charge on any atom is -0.481 e. The molecule has 0 spiro atoms. The van der Waals surface area contributed by atoms with Crippen molar-refractivity contribution in [3.8, 4) is 5.75 Å². The molecule has 1 saturated carbocycles. The minimum absolute atomic E-state index is 0.0250. The van der Waals surface area contributed by atoms with Gasteiger partial charge < -0.3 is 14.5 Å². The van der Waals surface area contributed by atoms with E-state index in [1.165, 1.54) is 43.2 Å². The zero-order chi connectivity index (χ0) is 17.5. The number of rotatable bonds is 7. The monoisotopic (exact) mass is 365 g/mol. The number of aromatic nitrogens is 2. The number of nitrogens with zero attached hydrogens (tertiary/aromatic N) is 2. The first-order valence-corrected chi connectivity index (χ1v) is 9.31. The molecule has 1 aliphatic rings. The van der Waals surface area contributed by atoms with E-state index in [-0.39, 0.29) is 35.9 Å². The number of carbonyl (C=O) groups excluding carboxylic acids is 1. The number of carbonyl (C=O) groups is 1. The van der Waals surface area contributed by atoms with Gasteiger partial charge in [0.15, 0.2) is 18.2 Å². The summed E-state index contributed by atoms with van der Waals surface area (Å²) in [5.74, 6) is 0.113. The van der Waals surface area contributed by atoms with Gasteiger partial charge in [-0.05, 0) is 25.0 Å². The molecule has 1 fully saturated rings. The molecule has 1 aliphatic carbocycles. The fourth-order valence-corrected chi connectivity index (χ4v) is 3.29. The largest absolute Gasteiger partial charge is 0.481 e. The van der Waals surface area contributed by atoms with E-state index in [0.29, 0.717) is 5.22 Å². The lowest BCUT2D eigenvalue weighted by atomic mass is 9.95. The number of hydrogen-bond acceptors (Lipinski definition) is 6. The maximum Gasteiger partial charge on any atom is 0.277 e. The third-order valence-electron chi connectivity index (χ3n) is 3.93. The minimum atomic E-state index is -0.448. The van der Waals surface area contributed by atoms with E-state index in [1.807, 2.05) is 0 Å². The first-order valence-electron chi connectivity index (χ1n) is 8.32. The molecule has 1 N–H and O–H groups in total. The third kappa shape index (κ3) is 5.45. The summed E-state index contributed by atoms with van der Waals surface area (Å²) in [4.78, 5) is 12.0. The SMILES string of the molecule is O=C(CSc1nnc(COc2ccccc2F)o1)NC1CCCCC1. The number of ether oxygens (including phenoxy) is 1. The summed E-state index contributed by atoms with van der Waals surface area (Å²) >= 11 is 1.18. The van der Waals surface area contributed by atoms with E-state index in [1.54, 1.807) is 12.1 Å². The molecule has 8 heteroatoms. The Hall–Kier alpha value is -2.09. The topological polar surface area (TPSA) is 77.2 Å². The van der Waals surface area contributed by atoms with E-state index >= 15 is 0 Å². The fourth-order valence-electron chi connectivity index (χ4n) is 2.70. The third-order valence-corrected chi connectivity index (χ3v) is 4.75. The Balaban J connectivity index is 1.42. The fraction of sp³-hybridized carbons (Fsp3) is 0.471. The Morgan fingerprint density at radius 3 is 2.88 bits per heavy atom. The van der Waals surface area contributed by atoms with Crippen molar-refractivity contribution in [3.63, 3.8) is 0 Å². The van der Waals surface area contributed by atoms with E-state index < -0.39 is 5.82 Å². The molecule has 1 heterocycles. The number of thioether (sulfide) groups is 1. The molecule has 0 aliphatic heterocycles. The van der Waals surface area contributed by atoms with Crippen LogP contribution in [0.3, 0.4) is 0 Å². The van der Waals surface area contributed by atoms with Crippen LogP contribution >= 0.6 is 11.8 Å². The van der Waals surface area contributed by atoms with E-state index in [2.05, 4.69) is 15.5 Å². The molecule has 1 aromatic heterocycles. The lowest BCUT2D eigenvalue weighted by Crippen LogP contribution is -2.37. The molecule has 0 radical (unpaired) electrons. The second kappa shape index (κ2) is 8.84. The molecule has 0 atom stereocenters. The number of hydrogen-bond donors (Lipinski definition) is 1. The molecule has 0 saturated heterocycles. The summed E-state index contributed by atoms with van der Waals surface area (Å²) in [7, 11) is 0. The van der Waals surface area contributed by atoms with E-state index in [9.17, 15) is 9.18 Å². The van der Waals surface area contributed by atoms with Gasteiger partial charge in [0.2, 0.25) is 5.91 Å². The molecule has 0 unspecified atom stereocenters. The maximum atomic E-state index is 13.5. The summed E-state index contributed by atoms with van der Waals surface area (Å²) in [5.41, 5.74) is 0.